The van der Waals surface area contributed by atoms with E-state index in [1.807, 2.05) is 60.7 Å². The molecule has 3 aliphatic rings. The molecule has 12 nitrogen and oxygen atoms in total. The van der Waals surface area contributed by atoms with Gasteiger partial charge >= 0.3 is 11.9 Å². The van der Waals surface area contributed by atoms with E-state index in [4.69, 9.17) is 15.3 Å². The van der Waals surface area contributed by atoms with Crippen LogP contribution in [0.2, 0.25) is 0 Å². The number of nitrogens with zero attached hydrogens (tertiary/aromatic N) is 3. The van der Waals surface area contributed by atoms with Crippen LogP contribution in [0.3, 0.4) is 0 Å². The molecule has 3 aromatic carbocycles. The number of esters is 1. The molecular weight excluding hydrogens is 691 g/mol. The molecule has 2 fully saturated rings. The van der Waals surface area contributed by atoms with Crippen molar-refractivity contribution in [2.24, 2.45) is 17.0 Å². The Bertz CT molecular complexity index is 2050. The first-order valence-electron chi connectivity index (χ1n) is 16.1. The second-order valence-electron chi connectivity index (χ2n) is 12.2. The normalized spacial score (nSPS) is 21.1. The maximum atomic E-state index is 14.0. The molecular formula is C37H33N5O7S2. The second kappa shape index (κ2) is 14.0. The zero-order valence-corrected chi connectivity index (χ0v) is 29.1. The third-order valence-corrected chi connectivity index (χ3v) is 11.5. The number of amides is 2. The Morgan fingerprint density at radius 1 is 1.00 bits per heavy atom. The molecule has 51 heavy (non-hydrogen) atoms. The highest BCUT2D eigenvalue weighted by Crippen LogP contribution is 2.52. The van der Waals surface area contributed by atoms with Gasteiger partial charge in [0.15, 0.2) is 10.8 Å². The third kappa shape index (κ3) is 6.25. The molecule has 260 valence electrons. The van der Waals surface area contributed by atoms with Crippen LogP contribution in [0.1, 0.15) is 34.7 Å². The standard InChI is InChI=1S/C37H33N5O7S2/c1-48-36(47)24-17-23(24)25-18-50-34-29(33(44)42(34)30(25)35(45)46)39-32(43)28(41-49-2)27-31(51-37(38)40-27)22-16-10-9-15-21(22)26(19-11-5-3-6-12-19)20-13-7-4-8-14-20/h3-16,23-24,26,29,34H,17-18H2,1-2H3,(H2,38,40)(H,39,43)(H,45,46)/b41-28-/t23?,24?,29-,34-/m1/s1. The summed E-state index contributed by atoms with van der Waals surface area (Å²) in [6.45, 7) is 0. The predicted octanol–water partition coefficient (Wildman–Crippen LogP) is 4.47. The van der Waals surface area contributed by atoms with Crippen LogP contribution in [0.25, 0.3) is 10.4 Å². The first kappa shape index (κ1) is 34.0. The van der Waals surface area contributed by atoms with Gasteiger partial charge in [-0.1, -0.05) is 101 Å². The van der Waals surface area contributed by atoms with Gasteiger partial charge in [-0.25, -0.2) is 9.78 Å². The van der Waals surface area contributed by atoms with E-state index in [-0.39, 0.29) is 39.8 Å². The van der Waals surface area contributed by atoms with E-state index >= 15 is 0 Å². The van der Waals surface area contributed by atoms with Crippen LogP contribution in [0, 0.1) is 11.8 Å². The van der Waals surface area contributed by atoms with Crippen molar-refractivity contribution in [3.8, 4) is 10.4 Å². The molecule has 2 unspecified atom stereocenters. The molecule has 4 N–H and O–H groups in total. The number of β-lactam (4-membered cyclic amide) rings is 1. The average Bonchev–Trinajstić information content (AvgIpc) is 3.86. The average molecular weight is 724 g/mol. The molecule has 1 saturated heterocycles. The Hall–Kier alpha value is -5.47. The number of aliphatic carboxylic acids is 1. The first-order chi connectivity index (χ1) is 24.7. The van der Waals surface area contributed by atoms with E-state index < -0.39 is 41.1 Å². The molecule has 1 aromatic heterocycles. The van der Waals surface area contributed by atoms with Crippen molar-refractivity contribution in [2.45, 2.75) is 23.8 Å². The smallest absolute Gasteiger partial charge is 0.352 e. The van der Waals surface area contributed by atoms with Gasteiger partial charge in [0, 0.05) is 11.7 Å². The number of carboxylic acid groups (broad SMARTS) is 1. The zero-order chi connectivity index (χ0) is 35.8. The summed E-state index contributed by atoms with van der Waals surface area (Å²) >= 11 is 2.53. The summed E-state index contributed by atoms with van der Waals surface area (Å²) < 4.78 is 4.83. The lowest BCUT2D eigenvalue weighted by Gasteiger charge is -2.49. The number of thioether (sulfide) groups is 1. The number of hydrogen-bond donors (Lipinski definition) is 3. The molecule has 2 aliphatic heterocycles. The molecule has 2 amide bonds. The van der Waals surface area contributed by atoms with E-state index in [1.54, 1.807) is 0 Å². The van der Waals surface area contributed by atoms with Gasteiger partial charge in [-0.05, 0) is 40.2 Å². The Balaban J connectivity index is 1.20. The summed E-state index contributed by atoms with van der Waals surface area (Å²) in [6.07, 6.45) is 0.461. The SMILES string of the molecule is CO/N=C(\C(=O)N[C@@H]1C(=O)N2C(C(=O)O)=C(C3CC3C(=O)OC)CS[C@H]12)c1nc(N)sc1-c1ccccc1C(c1ccccc1)c1ccccc1. The molecule has 1 saturated carbocycles. The van der Waals surface area contributed by atoms with Crippen LogP contribution >= 0.6 is 23.1 Å². The fourth-order valence-electron chi connectivity index (χ4n) is 6.89. The van der Waals surface area contributed by atoms with E-state index in [2.05, 4.69) is 39.7 Å². The number of fused-ring (bicyclic) bond motifs is 1. The summed E-state index contributed by atoms with van der Waals surface area (Å²) in [5.41, 5.74) is 10.5. The topological polar surface area (TPSA) is 174 Å². The maximum absolute atomic E-state index is 14.0. The zero-order valence-electron chi connectivity index (χ0n) is 27.5. The van der Waals surface area contributed by atoms with Crippen LogP contribution in [-0.4, -0.2) is 75.8 Å². The van der Waals surface area contributed by atoms with Crippen LogP contribution in [-0.2, 0) is 28.8 Å². The van der Waals surface area contributed by atoms with Crippen molar-refractivity contribution >= 4 is 57.7 Å². The van der Waals surface area contributed by atoms with Gasteiger partial charge in [0.05, 0.1) is 17.9 Å². The number of carbonyl (C=O) groups is 4. The lowest BCUT2D eigenvalue weighted by atomic mass is 9.82. The number of carbonyl (C=O) groups excluding carboxylic acids is 3. The van der Waals surface area contributed by atoms with Gasteiger partial charge in [0.2, 0.25) is 0 Å². The Morgan fingerprint density at radius 3 is 2.27 bits per heavy atom. The summed E-state index contributed by atoms with van der Waals surface area (Å²) in [6, 6.07) is 27.0. The van der Waals surface area contributed by atoms with Crippen molar-refractivity contribution in [1.82, 2.24) is 15.2 Å². The van der Waals surface area contributed by atoms with Crippen LogP contribution in [0.5, 0.6) is 0 Å². The number of benzene rings is 3. The minimum absolute atomic E-state index is 0.144. The maximum Gasteiger partial charge on any atom is 0.352 e. The Kier molecular flexibility index (Phi) is 9.36. The molecule has 0 radical (unpaired) electrons. The molecule has 4 aromatic rings. The first-order valence-corrected chi connectivity index (χ1v) is 18.0. The van der Waals surface area contributed by atoms with Crippen molar-refractivity contribution in [3.05, 3.63) is 119 Å². The number of ether oxygens (including phenoxy) is 1. The van der Waals surface area contributed by atoms with Crippen LogP contribution < -0.4 is 11.1 Å². The number of rotatable bonds is 11. The quantitative estimate of drug-likeness (QED) is 0.0659. The Labute approximate surface area is 301 Å². The minimum atomic E-state index is -1.27. The summed E-state index contributed by atoms with van der Waals surface area (Å²) in [4.78, 5) is 63.4. The lowest BCUT2D eigenvalue weighted by Crippen LogP contribution is -2.71. The number of thiazole rings is 1. The molecule has 14 heteroatoms. The number of carboxylic acids is 1. The highest BCUT2D eigenvalue weighted by Gasteiger charge is 2.58. The number of nitrogen functional groups attached to an aromatic ring is 1. The molecule has 4 atom stereocenters. The van der Waals surface area contributed by atoms with Crippen molar-refractivity contribution in [2.75, 3.05) is 25.7 Å². The van der Waals surface area contributed by atoms with E-state index in [0.29, 0.717) is 16.9 Å². The number of aromatic nitrogens is 1. The summed E-state index contributed by atoms with van der Waals surface area (Å²) in [7, 11) is 2.59. The minimum Gasteiger partial charge on any atom is -0.477 e. The van der Waals surface area contributed by atoms with E-state index in [9.17, 15) is 24.3 Å². The number of nitrogens with two attached hydrogens (primary N) is 1. The number of oxime groups is 1. The van der Waals surface area contributed by atoms with Crippen LogP contribution in [0.4, 0.5) is 5.13 Å². The van der Waals surface area contributed by atoms with Gasteiger partial charge in [-0.3, -0.25) is 19.3 Å². The number of nitrogens with one attached hydrogen (secondary N) is 1. The molecule has 1 aliphatic carbocycles. The number of methoxy groups -OCH3 is 1. The van der Waals surface area contributed by atoms with Gasteiger partial charge in [0.1, 0.15) is 29.9 Å². The van der Waals surface area contributed by atoms with Gasteiger partial charge in [-0.15, -0.1) is 11.8 Å². The summed E-state index contributed by atoms with van der Waals surface area (Å²) in [5.74, 6) is -3.62. The molecule has 7 rings (SSSR count). The Morgan fingerprint density at radius 2 is 1.65 bits per heavy atom. The molecule has 0 spiro atoms. The van der Waals surface area contributed by atoms with E-state index in [0.717, 1.165) is 22.3 Å². The summed E-state index contributed by atoms with van der Waals surface area (Å²) in [5, 5.41) is 16.5. The fraction of sp³-hybridized carbons (Fsp3) is 0.243. The van der Waals surface area contributed by atoms with Crippen molar-refractivity contribution in [3.63, 3.8) is 0 Å². The number of anilines is 1. The monoisotopic (exact) mass is 723 g/mol. The highest BCUT2D eigenvalue weighted by molar-refractivity contribution is 8.00. The largest absolute Gasteiger partial charge is 0.477 e. The van der Waals surface area contributed by atoms with Gasteiger partial charge in [0.25, 0.3) is 11.8 Å². The fourth-order valence-corrected chi connectivity index (χ4v) is 9.21. The van der Waals surface area contributed by atoms with Gasteiger partial charge < -0.3 is 25.7 Å². The molecule has 0 bridgehead atoms. The number of hydrogen-bond acceptors (Lipinski definition) is 11. The third-order valence-electron chi connectivity index (χ3n) is 9.28. The lowest BCUT2D eigenvalue weighted by molar-refractivity contribution is -0.150. The highest BCUT2D eigenvalue weighted by atomic mass is 32.2. The van der Waals surface area contributed by atoms with Crippen LogP contribution in [0.15, 0.2) is 101 Å². The molecule has 3 heterocycles. The van der Waals surface area contributed by atoms with Crippen molar-refractivity contribution in [1.29, 1.82) is 0 Å². The van der Waals surface area contributed by atoms with E-state index in [1.165, 1.54) is 42.2 Å². The second-order valence-corrected chi connectivity index (χ2v) is 14.3. The van der Waals surface area contributed by atoms with Crippen molar-refractivity contribution < 1.29 is 33.9 Å². The predicted molar refractivity (Wildman–Crippen MR) is 193 cm³/mol. The van der Waals surface area contributed by atoms with Gasteiger partial charge in [-0.2, -0.15) is 0 Å².